The van der Waals surface area contributed by atoms with Crippen molar-refractivity contribution in [2.24, 2.45) is 0 Å². The van der Waals surface area contributed by atoms with Crippen molar-refractivity contribution in [3.63, 3.8) is 0 Å². The number of allylic oxidation sites excluding steroid dienone is 14. The smallest absolute Gasteiger partial charge is 0.306 e. The number of hydrogen-bond donors (Lipinski definition) is 0. The number of carbonyl (C=O) groups is 3. The van der Waals surface area contributed by atoms with Gasteiger partial charge >= 0.3 is 17.9 Å². The minimum absolute atomic E-state index is 0.0999. The van der Waals surface area contributed by atoms with E-state index in [9.17, 15) is 14.4 Å². The first-order valence-corrected chi connectivity index (χ1v) is 26.6. The fourth-order valence-electron chi connectivity index (χ4n) is 7.15. The molecule has 0 heterocycles. The molecule has 0 saturated carbocycles. The molecule has 0 aliphatic rings. The Kier molecular flexibility index (Phi) is 49.4. The van der Waals surface area contributed by atoms with Gasteiger partial charge in [0.05, 0.1) is 0 Å². The van der Waals surface area contributed by atoms with Gasteiger partial charge in [-0.1, -0.05) is 221 Å². The molecule has 1 unspecified atom stereocenters. The fourth-order valence-corrected chi connectivity index (χ4v) is 7.15. The normalized spacial score (nSPS) is 12.7. The van der Waals surface area contributed by atoms with Crippen LogP contribution in [0.4, 0.5) is 0 Å². The summed E-state index contributed by atoms with van der Waals surface area (Å²) >= 11 is 0. The number of ether oxygens (including phenoxy) is 3. The minimum atomic E-state index is -0.803. The maximum atomic E-state index is 12.7. The summed E-state index contributed by atoms with van der Waals surface area (Å²) in [5.41, 5.74) is 0. The van der Waals surface area contributed by atoms with E-state index in [0.717, 1.165) is 83.5 Å². The van der Waals surface area contributed by atoms with Crippen LogP contribution in [0.2, 0.25) is 0 Å². The molecular formula is C58H98O6. The average molecular weight is 891 g/mol. The molecule has 64 heavy (non-hydrogen) atoms. The summed E-state index contributed by atoms with van der Waals surface area (Å²) in [6.07, 6.45) is 67.5. The largest absolute Gasteiger partial charge is 0.462 e. The van der Waals surface area contributed by atoms with Crippen molar-refractivity contribution in [2.75, 3.05) is 13.2 Å². The number of rotatable bonds is 47. The van der Waals surface area contributed by atoms with Crippen LogP contribution in [0.15, 0.2) is 85.1 Å². The van der Waals surface area contributed by atoms with Crippen LogP contribution in [0.5, 0.6) is 0 Å². The summed E-state index contributed by atoms with van der Waals surface area (Å²) in [6.45, 7) is 6.40. The van der Waals surface area contributed by atoms with E-state index in [-0.39, 0.29) is 37.5 Å². The molecule has 0 aliphatic heterocycles. The van der Waals surface area contributed by atoms with E-state index in [0.29, 0.717) is 19.3 Å². The molecule has 6 heteroatoms. The first-order chi connectivity index (χ1) is 31.5. The Morgan fingerprint density at radius 1 is 0.328 bits per heavy atom. The summed E-state index contributed by atoms with van der Waals surface area (Å²) in [7, 11) is 0. The zero-order valence-corrected chi connectivity index (χ0v) is 41.8. The van der Waals surface area contributed by atoms with Gasteiger partial charge in [-0.3, -0.25) is 14.4 Å². The molecule has 1 atom stereocenters. The molecule has 366 valence electrons. The highest BCUT2D eigenvalue weighted by atomic mass is 16.6. The highest BCUT2D eigenvalue weighted by Crippen LogP contribution is 2.14. The first kappa shape index (κ1) is 60.6. The third-order valence-corrected chi connectivity index (χ3v) is 11.1. The summed E-state index contributed by atoms with van der Waals surface area (Å²) in [5, 5.41) is 0. The van der Waals surface area contributed by atoms with Gasteiger partial charge in [-0.15, -0.1) is 0 Å². The lowest BCUT2D eigenvalue weighted by atomic mass is 10.0. The van der Waals surface area contributed by atoms with Crippen LogP contribution in [0.3, 0.4) is 0 Å². The molecule has 0 spiro atoms. The van der Waals surface area contributed by atoms with E-state index < -0.39 is 6.10 Å². The maximum absolute atomic E-state index is 12.7. The molecule has 0 radical (unpaired) electrons. The fraction of sp³-hybridized carbons (Fsp3) is 0.707. The van der Waals surface area contributed by atoms with Crippen LogP contribution in [0.1, 0.15) is 245 Å². The number of carbonyl (C=O) groups excluding carboxylic acids is 3. The van der Waals surface area contributed by atoms with Crippen molar-refractivity contribution >= 4 is 17.9 Å². The predicted molar refractivity (Wildman–Crippen MR) is 274 cm³/mol. The van der Waals surface area contributed by atoms with Crippen LogP contribution < -0.4 is 0 Å². The monoisotopic (exact) mass is 891 g/mol. The molecule has 0 fully saturated rings. The van der Waals surface area contributed by atoms with Gasteiger partial charge in [0.1, 0.15) is 13.2 Å². The summed E-state index contributed by atoms with van der Waals surface area (Å²) in [4.78, 5) is 37.7. The number of esters is 3. The van der Waals surface area contributed by atoms with Gasteiger partial charge < -0.3 is 14.2 Å². The Balaban J connectivity index is 4.24. The third kappa shape index (κ3) is 49.6. The van der Waals surface area contributed by atoms with Crippen molar-refractivity contribution < 1.29 is 28.6 Å². The molecule has 0 aromatic rings. The molecule has 0 saturated heterocycles. The molecule has 6 nitrogen and oxygen atoms in total. The van der Waals surface area contributed by atoms with Gasteiger partial charge in [0.15, 0.2) is 6.10 Å². The van der Waals surface area contributed by atoms with Crippen LogP contribution in [0, 0.1) is 0 Å². The van der Waals surface area contributed by atoms with Gasteiger partial charge in [0.25, 0.3) is 0 Å². The van der Waals surface area contributed by atoms with Crippen molar-refractivity contribution in [1.82, 2.24) is 0 Å². The lowest BCUT2D eigenvalue weighted by molar-refractivity contribution is -0.167. The number of hydrogen-bond acceptors (Lipinski definition) is 6. The molecule has 0 aromatic carbocycles. The Morgan fingerprint density at radius 2 is 0.625 bits per heavy atom. The van der Waals surface area contributed by atoms with E-state index in [2.05, 4.69) is 106 Å². The summed E-state index contributed by atoms with van der Waals surface area (Å²) < 4.78 is 16.7. The molecular weight excluding hydrogens is 793 g/mol. The van der Waals surface area contributed by atoms with Crippen molar-refractivity contribution in [3.05, 3.63) is 85.1 Å². The van der Waals surface area contributed by atoms with Gasteiger partial charge in [-0.25, -0.2) is 0 Å². The van der Waals surface area contributed by atoms with Gasteiger partial charge in [-0.2, -0.15) is 0 Å². The predicted octanol–water partition coefficient (Wildman–Crippen LogP) is 17.6. The van der Waals surface area contributed by atoms with Crippen molar-refractivity contribution in [2.45, 2.75) is 252 Å². The number of unbranched alkanes of at least 4 members (excludes halogenated alkanes) is 22. The highest BCUT2D eigenvalue weighted by Gasteiger charge is 2.19. The molecule has 0 amide bonds. The first-order valence-electron chi connectivity index (χ1n) is 26.6. The Hall–Kier alpha value is -3.41. The maximum Gasteiger partial charge on any atom is 0.306 e. The Morgan fingerprint density at radius 3 is 1.00 bits per heavy atom. The Labute approximate surface area is 395 Å². The van der Waals surface area contributed by atoms with Gasteiger partial charge in [0.2, 0.25) is 0 Å². The second kappa shape index (κ2) is 52.2. The minimum Gasteiger partial charge on any atom is -0.462 e. The second-order valence-electron chi connectivity index (χ2n) is 17.4. The zero-order chi connectivity index (χ0) is 46.5. The molecule has 0 N–H and O–H groups in total. The molecule has 0 rings (SSSR count). The van der Waals surface area contributed by atoms with E-state index in [1.165, 1.54) is 116 Å². The van der Waals surface area contributed by atoms with Crippen LogP contribution >= 0.6 is 0 Å². The molecule has 0 aliphatic carbocycles. The SMILES string of the molecule is CC/C=C\C/C=C\C/C=C\C/C=C\C/C=C\CCCC(=O)OC(COC(=O)CCCCCCCC)COC(=O)CCCCCCCCCCCCC/C=C\C/C=C\CCCCCCC. The average Bonchev–Trinajstić information content (AvgIpc) is 3.29. The lowest BCUT2D eigenvalue weighted by Gasteiger charge is -2.18. The summed E-state index contributed by atoms with van der Waals surface area (Å²) in [5.74, 6) is -0.971. The van der Waals surface area contributed by atoms with Crippen LogP contribution in [-0.4, -0.2) is 37.2 Å². The Bertz CT molecular complexity index is 1250. The van der Waals surface area contributed by atoms with Crippen LogP contribution in [-0.2, 0) is 28.6 Å². The van der Waals surface area contributed by atoms with Gasteiger partial charge in [-0.05, 0) is 89.9 Å². The quantitative estimate of drug-likeness (QED) is 0.0262. The van der Waals surface area contributed by atoms with Crippen LogP contribution in [0.25, 0.3) is 0 Å². The topological polar surface area (TPSA) is 78.9 Å². The lowest BCUT2D eigenvalue weighted by Crippen LogP contribution is -2.30. The van der Waals surface area contributed by atoms with Gasteiger partial charge in [0, 0.05) is 19.3 Å². The van der Waals surface area contributed by atoms with Crippen molar-refractivity contribution in [1.29, 1.82) is 0 Å². The van der Waals surface area contributed by atoms with E-state index in [4.69, 9.17) is 14.2 Å². The van der Waals surface area contributed by atoms with E-state index in [1.54, 1.807) is 0 Å². The highest BCUT2D eigenvalue weighted by molar-refractivity contribution is 5.71. The standard InChI is InChI=1S/C58H98O6/c1-4-7-10-13-16-18-20-22-24-26-27-28-29-30-31-33-34-36-38-40-42-45-48-51-57(60)63-54-55(53-62-56(59)50-47-44-15-12-9-6-3)64-58(61)52-49-46-43-41-39-37-35-32-25-23-21-19-17-14-11-8-5-2/h8,11,17,19-20,22-23,25-27,35,37,41,43,55H,4-7,9-10,12-16,18,21,24,28-34,36,38-40,42,44-54H2,1-3H3/b11-8-,19-17-,22-20-,25-23-,27-26-,37-35-,43-41-. The third-order valence-electron chi connectivity index (χ3n) is 11.1. The van der Waals surface area contributed by atoms with E-state index in [1.807, 2.05) is 0 Å². The summed E-state index contributed by atoms with van der Waals surface area (Å²) in [6, 6.07) is 0. The zero-order valence-electron chi connectivity index (χ0n) is 41.8. The van der Waals surface area contributed by atoms with Crippen molar-refractivity contribution in [3.8, 4) is 0 Å². The molecule has 0 aromatic heterocycles. The van der Waals surface area contributed by atoms with E-state index >= 15 is 0 Å². The second-order valence-corrected chi connectivity index (χ2v) is 17.4. The molecule has 0 bridgehead atoms.